The minimum absolute atomic E-state index is 0.0374. The molecule has 6 heteroatoms. The van der Waals surface area contributed by atoms with E-state index in [1.165, 1.54) is 51.3 Å². The van der Waals surface area contributed by atoms with Crippen molar-refractivity contribution in [2.75, 3.05) is 26.2 Å². The van der Waals surface area contributed by atoms with Crippen LogP contribution in [0.15, 0.2) is 33.5 Å². The van der Waals surface area contributed by atoms with E-state index >= 15 is 0 Å². The molecule has 2 aliphatic rings. The van der Waals surface area contributed by atoms with Gasteiger partial charge in [0.25, 0.3) is 5.91 Å². The molecule has 1 amide bonds. The van der Waals surface area contributed by atoms with Crippen LogP contribution in [0, 0.1) is 5.92 Å². The molecular weight excluding hydrogens is 368 g/mol. The van der Waals surface area contributed by atoms with Crippen molar-refractivity contribution in [2.45, 2.75) is 51.5 Å². The van der Waals surface area contributed by atoms with Gasteiger partial charge in [-0.3, -0.25) is 4.79 Å². The van der Waals surface area contributed by atoms with Gasteiger partial charge in [-0.25, -0.2) is 4.79 Å². The van der Waals surface area contributed by atoms with Crippen molar-refractivity contribution in [1.29, 1.82) is 0 Å². The first-order chi connectivity index (χ1) is 14.1. The summed E-state index contributed by atoms with van der Waals surface area (Å²) >= 11 is 0. The molecule has 6 nitrogen and oxygen atoms in total. The summed E-state index contributed by atoms with van der Waals surface area (Å²) in [7, 11) is 0. The number of hydrogen-bond donors (Lipinski definition) is 1. The van der Waals surface area contributed by atoms with Crippen LogP contribution in [0.3, 0.4) is 0 Å². The highest BCUT2D eigenvalue weighted by molar-refractivity contribution is 5.82. The highest BCUT2D eigenvalue weighted by atomic mass is 16.5. The van der Waals surface area contributed by atoms with E-state index in [0.717, 1.165) is 23.9 Å². The third-order valence-electron chi connectivity index (χ3n) is 6.34. The molecule has 1 aromatic carbocycles. The van der Waals surface area contributed by atoms with Gasteiger partial charge in [0.2, 0.25) is 0 Å². The van der Waals surface area contributed by atoms with Crippen molar-refractivity contribution >= 4 is 16.9 Å². The molecule has 0 saturated carbocycles. The molecule has 2 fully saturated rings. The molecule has 3 heterocycles. The van der Waals surface area contributed by atoms with Crippen molar-refractivity contribution in [3.05, 3.63) is 40.2 Å². The molecule has 1 aromatic heterocycles. The van der Waals surface area contributed by atoms with E-state index in [2.05, 4.69) is 10.2 Å². The Morgan fingerprint density at radius 1 is 1.21 bits per heavy atom. The van der Waals surface area contributed by atoms with Crippen LogP contribution in [-0.2, 0) is 11.2 Å². The number of piperidine rings is 2. The van der Waals surface area contributed by atoms with Crippen LogP contribution in [0.25, 0.3) is 11.0 Å². The minimum Gasteiger partial charge on any atom is -0.484 e. The van der Waals surface area contributed by atoms with E-state index in [9.17, 15) is 9.59 Å². The molecular formula is C23H30N2O4. The Morgan fingerprint density at radius 2 is 2.07 bits per heavy atom. The van der Waals surface area contributed by atoms with Crippen LogP contribution in [0.4, 0.5) is 0 Å². The fourth-order valence-electron chi connectivity index (χ4n) is 4.85. The van der Waals surface area contributed by atoms with Crippen molar-refractivity contribution in [2.24, 2.45) is 5.92 Å². The summed E-state index contributed by atoms with van der Waals surface area (Å²) in [5.41, 5.74) is 1.07. The van der Waals surface area contributed by atoms with E-state index in [4.69, 9.17) is 9.15 Å². The van der Waals surface area contributed by atoms with Gasteiger partial charge in [-0.2, -0.15) is 0 Å². The average molecular weight is 399 g/mol. The monoisotopic (exact) mass is 398 g/mol. The van der Waals surface area contributed by atoms with Gasteiger partial charge in [0.15, 0.2) is 6.61 Å². The van der Waals surface area contributed by atoms with Crippen molar-refractivity contribution < 1.29 is 13.9 Å². The lowest BCUT2D eigenvalue weighted by molar-refractivity contribution is -0.123. The Morgan fingerprint density at radius 3 is 2.93 bits per heavy atom. The summed E-state index contributed by atoms with van der Waals surface area (Å²) in [6.07, 6.45) is 7.01. The molecule has 2 atom stereocenters. The van der Waals surface area contributed by atoms with Gasteiger partial charge in [-0.15, -0.1) is 0 Å². The van der Waals surface area contributed by atoms with E-state index < -0.39 is 0 Å². The van der Waals surface area contributed by atoms with Crippen molar-refractivity contribution in [3.63, 3.8) is 0 Å². The number of carbonyl (C=O) groups is 1. The van der Waals surface area contributed by atoms with Crippen molar-refractivity contribution in [1.82, 2.24) is 10.2 Å². The predicted octanol–water partition coefficient (Wildman–Crippen LogP) is 3.11. The lowest BCUT2D eigenvalue weighted by atomic mass is 9.83. The second kappa shape index (κ2) is 8.99. The highest BCUT2D eigenvalue weighted by Gasteiger charge is 2.32. The molecule has 2 saturated heterocycles. The van der Waals surface area contributed by atoms with Crippen LogP contribution in [0.1, 0.15) is 44.6 Å². The number of nitrogens with one attached hydrogen (secondary N) is 1. The number of hydrogen-bond acceptors (Lipinski definition) is 5. The zero-order valence-corrected chi connectivity index (χ0v) is 17.1. The zero-order valence-electron chi connectivity index (χ0n) is 17.1. The maximum atomic E-state index is 12.3. The molecule has 29 heavy (non-hydrogen) atoms. The molecule has 2 aromatic rings. The number of carbonyl (C=O) groups excluding carboxylic acids is 1. The largest absolute Gasteiger partial charge is 0.484 e. The minimum atomic E-state index is -0.367. The first kappa shape index (κ1) is 20.0. The molecule has 4 rings (SSSR count). The predicted molar refractivity (Wildman–Crippen MR) is 112 cm³/mol. The summed E-state index contributed by atoms with van der Waals surface area (Å²) in [5, 5.41) is 3.96. The number of nitrogens with zero attached hydrogens (tertiary/aromatic N) is 1. The van der Waals surface area contributed by atoms with E-state index in [-0.39, 0.29) is 18.1 Å². The first-order valence-electron chi connectivity index (χ1n) is 10.8. The Bertz CT molecular complexity index is 921. The fourth-order valence-corrected chi connectivity index (χ4v) is 4.85. The first-order valence-corrected chi connectivity index (χ1v) is 10.8. The standard InChI is InChI=1S/C23H30N2O4/c1-2-16-12-23(27)29-21-13-18(8-9-19(16)21)28-15-22(26)24-14-17-6-5-11-25-10-4-3-7-20(17)25/h8-9,12-13,17,20H,2-7,10-11,14-15H2,1H3,(H,24,26). The molecule has 1 N–H and O–H groups in total. The molecule has 2 unspecified atom stereocenters. The smallest absolute Gasteiger partial charge is 0.336 e. The number of fused-ring (bicyclic) bond motifs is 2. The summed E-state index contributed by atoms with van der Waals surface area (Å²) in [6, 6.07) is 7.52. The van der Waals surface area contributed by atoms with E-state index in [1.807, 2.05) is 19.1 Å². The van der Waals surface area contributed by atoms with Crippen LogP contribution in [-0.4, -0.2) is 43.1 Å². The lowest BCUT2D eigenvalue weighted by Gasteiger charge is -2.44. The SMILES string of the molecule is CCc1cc(=O)oc2cc(OCC(=O)NCC3CCCN4CCCCC34)ccc12. The second-order valence-electron chi connectivity index (χ2n) is 8.20. The quantitative estimate of drug-likeness (QED) is 0.757. The summed E-state index contributed by atoms with van der Waals surface area (Å²) in [4.78, 5) is 26.6. The topological polar surface area (TPSA) is 71.8 Å². The number of ether oxygens (including phenoxy) is 1. The maximum absolute atomic E-state index is 12.3. The van der Waals surface area contributed by atoms with Gasteiger partial charge >= 0.3 is 5.63 Å². The number of benzene rings is 1. The maximum Gasteiger partial charge on any atom is 0.336 e. The molecule has 2 aliphatic heterocycles. The van der Waals surface area contributed by atoms with Crippen LogP contribution in [0.5, 0.6) is 5.75 Å². The fraction of sp³-hybridized carbons (Fsp3) is 0.565. The average Bonchev–Trinajstić information content (AvgIpc) is 2.75. The van der Waals surface area contributed by atoms with Gasteiger partial charge in [0, 0.05) is 30.1 Å². The third kappa shape index (κ3) is 4.64. The van der Waals surface area contributed by atoms with Gasteiger partial charge in [-0.05, 0) is 68.8 Å². The zero-order chi connectivity index (χ0) is 20.2. The summed E-state index contributed by atoms with van der Waals surface area (Å²) in [6.45, 7) is 5.09. The van der Waals surface area contributed by atoms with E-state index in [0.29, 0.717) is 23.3 Å². The number of amides is 1. The summed E-state index contributed by atoms with van der Waals surface area (Å²) < 4.78 is 10.9. The molecule has 0 spiro atoms. The molecule has 156 valence electrons. The van der Waals surface area contributed by atoms with Gasteiger partial charge < -0.3 is 19.4 Å². The number of rotatable bonds is 6. The molecule has 0 radical (unpaired) electrons. The van der Waals surface area contributed by atoms with Gasteiger partial charge in [-0.1, -0.05) is 13.3 Å². The third-order valence-corrected chi connectivity index (χ3v) is 6.34. The molecule has 0 bridgehead atoms. The van der Waals surface area contributed by atoms with Crippen molar-refractivity contribution in [3.8, 4) is 5.75 Å². The summed E-state index contributed by atoms with van der Waals surface area (Å²) in [5.74, 6) is 0.956. The van der Waals surface area contributed by atoms with Gasteiger partial charge in [0.1, 0.15) is 11.3 Å². The highest BCUT2D eigenvalue weighted by Crippen LogP contribution is 2.30. The second-order valence-corrected chi connectivity index (χ2v) is 8.20. The van der Waals surface area contributed by atoms with E-state index in [1.54, 1.807) is 6.07 Å². The Hall–Kier alpha value is -2.34. The normalized spacial score (nSPS) is 22.2. The van der Waals surface area contributed by atoms with Crippen LogP contribution >= 0.6 is 0 Å². The number of aryl methyl sites for hydroxylation is 1. The van der Waals surface area contributed by atoms with Crippen LogP contribution in [0.2, 0.25) is 0 Å². The molecule has 0 aliphatic carbocycles. The lowest BCUT2D eigenvalue weighted by Crippen LogP contribution is -2.51. The Balaban J connectivity index is 1.32. The van der Waals surface area contributed by atoms with Crippen LogP contribution < -0.4 is 15.7 Å². The Labute approximate surface area is 171 Å². The Kier molecular flexibility index (Phi) is 6.19. The van der Waals surface area contributed by atoms with Gasteiger partial charge in [0.05, 0.1) is 0 Å².